The fourth-order valence-electron chi connectivity index (χ4n) is 2.55. The van der Waals surface area contributed by atoms with Crippen molar-refractivity contribution in [2.75, 3.05) is 31.1 Å². The summed E-state index contributed by atoms with van der Waals surface area (Å²) in [6, 6.07) is 0.381. The van der Waals surface area contributed by atoms with Gasteiger partial charge in [0.05, 0.1) is 11.5 Å². The third-order valence-electron chi connectivity index (χ3n) is 3.63. The maximum atomic E-state index is 12.2. The van der Waals surface area contributed by atoms with Gasteiger partial charge >= 0.3 is 0 Å². The Kier molecular flexibility index (Phi) is 3.73. The van der Waals surface area contributed by atoms with Gasteiger partial charge in [-0.3, -0.25) is 4.79 Å². The largest absolute Gasteiger partial charge is 0.340 e. The van der Waals surface area contributed by atoms with Gasteiger partial charge in [0.15, 0.2) is 9.84 Å². The van der Waals surface area contributed by atoms with Crippen molar-refractivity contribution >= 4 is 15.7 Å². The number of hydrogen-bond donors (Lipinski definition) is 1. The highest BCUT2D eigenvalue weighted by Gasteiger charge is 2.31. The van der Waals surface area contributed by atoms with E-state index in [2.05, 4.69) is 12.2 Å². The lowest BCUT2D eigenvalue weighted by Gasteiger charge is -2.33. The summed E-state index contributed by atoms with van der Waals surface area (Å²) in [4.78, 5) is 13.9. The predicted molar refractivity (Wildman–Crippen MR) is 65.4 cm³/mol. The molecule has 17 heavy (non-hydrogen) atoms. The molecule has 0 bridgehead atoms. The first-order valence-corrected chi connectivity index (χ1v) is 8.03. The highest BCUT2D eigenvalue weighted by atomic mass is 32.2. The molecule has 0 saturated carbocycles. The van der Waals surface area contributed by atoms with Crippen molar-refractivity contribution in [3.05, 3.63) is 0 Å². The summed E-state index contributed by atoms with van der Waals surface area (Å²) >= 11 is 0. The Morgan fingerprint density at radius 1 is 1.29 bits per heavy atom. The molecule has 2 aliphatic rings. The highest BCUT2D eigenvalue weighted by molar-refractivity contribution is 7.91. The summed E-state index contributed by atoms with van der Waals surface area (Å²) in [7, 11) is -2.90. The minimum Gasteiger partial charge on any atom is -0.340 e. The van der Waals surface area contributed by atoms with E-state index in [0.29, 0.717) is 19.1 Å². The van der Waals surface area contributed by atoms with E-state index < -0.39 is 9.84 Å². The Bertz CT molecular complexity index is 380. The van der Waals surface area contributed by atoms with Gasteiger partial charge in [-0.05, 0) is 26.3 Å². The van der Waals surface area contributed by atoms with Crippen LogP contribution in [0, 0.1) is 5.92 Å². The lowest BCUT2D eigenvalue weighted by Crippen LogP contribution is -2.49. The van der Waals surface area contributed by atoms with Crippen LogP contribution in [0.5, 0.6) is 0 Å². The maximum absolute atomic E-state index is 12.2. The summed E-state index contributed by atoms with van der Waals surface area (Å²) in [5.74, 6) is 0.471. The molecule has 0 radical (unpaired) electrons. The number of nitrogens with one attached hydrogen (secondary N) is 1. The van der Waals surface area contributed by atoms with Gasteiger partial charge in [-0.1, -0.05) is 0 Å². The number of hydrogen-bond acceptors (Lipinski definition) is 4. The van der Waals surface area contributed by atoms with Gasteiger partial charge in [0, 0.05) is 25.0 Å². The first-order chi connectivity index (χ1) is 7.98. The number of carbonyl (C=O) groups excluding carboxylic acids is 1. The first-order valence-electron chi connectivity index (χ1n) is 6.20. The molecule has 0 aromatic carbocycles. The van der Waals surface area contributed by atoms with Gasteiger partial charge in [-0.15, -0.1) is 0 Å². The second-order valence-electron chi connectivity index (χ2n) is 5.05. The molecule has 6 heteroatoms. The number of amides is 1. The van der Waals surface area contributed by atoms with E-state index in [1.165, 1.54) is 0 Å². The van der Waals surface area contributed by atoms with Crippen molar-refractivity contribution in [3.8, 4) is 0 Å². The quantitative estimate of drug-likeness (QED) is 0.698. The van der Waals surface area contributed by atoms with E-state index in [1.54, 1.807) is 4.90 Å². The molecule has 0 aliphatic carbocycles. The summed E-state index contributed by atoms with van der Waals surface area (Å²) in [6.45, 7) is 3.71. The first kappa shape index (κ1) is 12.8. The molecule has 2 rings (SSSR count). The number of carbonyl (C=O) groups is 1. The minimum atomic E-state index is -2.90. The number of rotatable bonds is 1. The molecule has 0 spiro atoms. The standard InChI is InChI=1S/C11H20N2O3S/c1-9-8-10(2-3-12-9)11(14)13-4-6-17(15,16)7-5-13/h9-10,12H,2-8H2,1H3. The second-order valence-corrected chi connectivity index (χ2v) is 7.36. The second kappa shape index (κ2) is 4.94. The topological polar surface area (TPSA) is 66.5 Å². The molecule has 2 fully saturated rings. The third-order valence-corrected chi connectivity index (χ3v) is 5.24. The van der Waals surface area contributed by atoms with Crippen LogP contribution < -0.4 is 5.32 Å². The Hall–Kier alpha value is -0.620. The molecule has 0 aromatic rings. The van der Waals surface area contributed by atoms with E-state index in [1.807, 2.05) is 0 Å². The summed E-state index contributed by atoms with van der Waals surface area (Å²) in [6.07, 6.45) is 1.73. The van der Waals surface area contributed by atoms with Crippen LogP contribution in [0.1, 0.15) is 19.8 Å². The monoisotopic (exact) mass is 260 g/mol. The summed E-state index contributed by atoms with van der Waals surface area (Å²) in [5, 5.41) is 3.32. The van der Waals surface area contributed by atoms with Crippen molar-refractivity contribution in [1.29, 1.82) is 0 Å². The average Bonchev–Trinajstić information content (AvgIpc) is 2.28. The highest BCUT2D eigenvalue weighted by Crippen LogP contribution is 2.19. The number of sulfone groups is 1. The lowest BCUT2D eigenvalue weighted by atomic mass is 9.92. The van der Waals surface area contributed by atoms with Gasteiger partial charge < -0.3 is 10.2 Å². The van der Waals surface area contributed by atoms with E-state index in [0.717, 1.165) is 19.4 Å². The smallest absolute Gasteiger partial charge is 0.225 e. The Morgan fingerprint density at radius 2 is 1.94 bits per heavy atom. The number of piperidine rings is 1. The molecule has 1 amide bonds. The molecule has 0 aromatic heterocycles. The molecule has 98 valence electrons. The third kappa shape index (κ3) is 3.19. The molecule has 2 unspecified atom stereocenters. The van der Waals surface area contributed by atoms with Crippen molar-refractivity contribution in [3.63, 3.8) is 0 Å². The van der Waals surface area contributed by atoms with Crippen LogP contribution in [0.3, 0.4) is 0 Å². The molecular weight excluding hydrogens is 240 g/mol. The lowest BCUT2D eigenvalue weighted by molar-refractivity contribution is -0.136. The zero-order valence-corrected chi connectivity index (χ0v) is 11.0. The molecule has 2 saturated heterocycles. The fourth-order valence-corrected chi connectivity index (χ4v) is 3.75. The SMILES string of the molecule is CC1CC(C(=O)N2CCS(=O)(=O)CC2)CCN1. The van der Waals surface area contributed by atoms with Crippen molar-refractivity contribution in [2.24, 2.45) is 5.92 Å². The predicted octanol–water partition coefficient (Wildman–Crippen LogP) is -0.368. The average molecular weight is 260 g/mol. The van der Waals surface area contributed by atoms with Crippen molar-refractivity contribution < 1.29 is 13.2 Å². The van der Waals surface area contributed by atoms with E-state index in [4.69, 9.17) is 0 Å². The molecule has 2 aliphatic heterocycles. The van der Waals surface area contributed by atoms with Crippen LogP contribution in [0.25, 0.3) is 0 Å². The van der Waals surface area contributed by atoms with Crippen LogP contribution in [-0.2, 0) is 14.6 Å². The molecule has 1 N–H and O–H groups in total. The van der Waals surface area contributed by atoms with E-state index in [9.17, 15) is 13.2 Å². The van der Waals surface area contributed by atoms with Gasteiger partial charge in [0.2, 0.25) is 5.91 Å². The van der Waals surface area contributed by atoms with E-state index in [-0.39, 0.29) is 23.3 Å². The van der Waals surface area contributed by atoms with Crippen LogP contribution >= 0.6 is 0 Å². The Labute approximate surface area is 102 Å². The van der Waals surface area contributed by atoms with Crippen molar-refractivity contribution in [1.82, 2.24) is 10.2 Å². The van der Waals surface area contributed by atoms with Crippen molar-refractivity contribution in [2.45, 2.75) is 25.8 Å². The van der Waals surface area contributed by atoms with E-state index >= 15 is 0 Å². The van der Waals surface area contributed by atoms with Gasteiger partial charge in [-0.25, -0.2) is 8.42 Å². The van der Waals surface area contributed by atoms with Crippen LogP contribution in [0.2, 0.25) is 0 Å². The van der Waals surface area contributed by atoms with Crippen LogP contribution in [0.15, 0.2) is 0 Å². The molecule has 2 atom stereocenters. The minimum absolute atomic E-state index is 0.0760. The van der Waals surface area contributed by atoms with Crippen LogP contribution in [-0.4, -0.2) is 56.4 Å². The van der Waals surface area contributed by atoms with Gasteiger partial charge in [-0.2, -0.15) is 0 Å². The number of nitrogens with zero attached hydrogens (tertiary/aromatic N) is 1. The maximum Gasteiger partial charge on any atom is 0.225 e. The summed E-state index contributed by atoms with van der Waals surface area (Å²) < 4.78 is 22.6. The molecule has 2 heterocycles. The Balaban J connectivity index is 1.92. The molecule has 5 nitrogen and oxygen atoms in total. The zero-order valence-electron chi connectivity index (χ0n) is 10.2. The zero-order chi connectivity index (χ0) is 12.5. The van der Waals surface area contributed by atoms with Gasteiger partial charge in [0.25, 0.3) is 0 Å². The fraction of sp³-hybridized carbons (Fsp3) is 0.909. The normalized spacial score (nSPS) is 33.4. The van der Waals surface area contributed by atoms with Crippen LogP contribution in [0.4, 0.5) is 0 Å². The summed E-state index contributed by atoms with van der Waals surface area (Å²) in [5.41, 5.74) is 0. The van der Waals surface area contributed by atoms with Gasteiger partial charge in [0.1, 0.15) is 0 Å². The Morgan fingerprint density at radius 3 is 2.53 bits per heavy atom. The molecular formula is C11H20N2O3S.